The summed E-state index contributed by atoms with van der Waals surface area (Å²) in [6, 6.07) is 14.5. The van der Waals surface area contributed by atoms with Crippen LogP contribution in [-0.4, -0.2) is 38.0 Å². The molecule has 7 heteroatoms. The van der Waals surface area contributed by atoms with Crippen LogP contribution in [0.1, 0.15) is 18.4 Å². The van der Waals surface area contributed by atoms with Gasteiger partial charge in [0.15, 0.2) is 0 Å². The van der Waals surface area contributed by atoms with Gasteiger partial charge < -0.3 is 5.32 Å². The van der Waals surface area contributed by atoms with Crippen LogP contribution in [0, 0.1) is 12.8 Å². The number of piperidine rings is 1. The summed E-state index contributed by atoms with van der Waals surface area (Å²) in [4.78, 5) is 14.0. The third-order valence-corrected chi connectivity index (χ3v) is 7.45. The highest BCUT2D eigenvalue weighted by molar-refractivity contribution is 7.98. The van der Waals surface area contributed by atoms with Crippen molar-refractivity contribution in [3.05, 3.63) is 54.1 Å². The van der Waals surface area contributed by atoms with Crippen LogP contribution in [0.5, 0.6) is 0 Å². The number of benzene rings is 2. The number of anilines is 1. The summed E-state index contributed by atoms with van der Waals surface area (Å²) >= 11 is 1.57. The molecular weight excluding hydrogens is 380 g/mol. The number of sulfonamides is 1. The number of hydrogen-bond acceptors (Lipinski definition) is 4. The van der Waals surface area contributed by atoms with Crippen molar-refractivity contribution >= 4 is 33.4 Å². The van der Waals surface area contributed by atoms with Gasteiger partial charge in [0.25, 0.3) is 0 Å². The van der Waals surface area contributed by atoms with Crippen LogP contribution in [-0.2, 0) is 14.8 Å². The van der Waals surface area contributed by atoms with E-state index in [1.165, 1.54) is 4.31 Å². The van der Waals surface area contributed by atoms with Crippen molar-refractivity contribution in [3.8, 4) is 0 Å². The number of carbonyl (C=O) groups excluding carboxylic acids is 1. The largest absolute Gasteiger partial charge is 0.325 e. The molecule has 1 aliphatic rings. The van der Waals surface area contributed by atoms with Crippen LogP contribution in [0.4, 0.5) is 5.69 Å². The van der Waals surface area contributed by atoms with E-state index in [2.05, 4.69) is 5.32 Å². The first-order valence-electron chi connectivity index (χ1n) is 8.92. The summed E-state index contributed by atoms with van der Waals surface area (Å²) in [5.41, 5.74) is 1.78. The number of carbonyl (C=O) groups is 1. The zero-order chi connectivity index (χ0) is 19.4. The lowest BCUT2D eigenvalue weighted by Crippen LogP contribution is -2.43. The normalized spacial score (nSPS) is 18.2. The van der Waals surface area contributed by atoms with Crippen molar-refractivity contribution in [2.75, 3.05) is 24.7 Å². The van der Waals surface area contributed by atoms with Crippen molar-refractivity contribution in [1.82, 2.24) is 4.31 Å². The minimum Gasteiger partial charge on any atom is -0.325 e. The number of amides is 1. The minimum absolute atomic E-state index is 0.125. The molecule has 1 atom stereocenters. The molecule has 1 heterocycles. The smallest absolute Gasteiger partial charge is 0.243 e. The molecule has 1 N–H and O–H groups in total. The Labute approximate surface area is 165 Å². The fraction of sp³-hybridized carbons (Fsp3) is 0.350. The third-order valence-electron chi connectivity index (χ3n) is 4.78. The Bertz CT molecular complexity index is 911. The highest BCUT2D eigenvalue weighted by Gasteiger charge is 2.33. The van der Waals surface area contributed by atoms with Crippen molar-refractivity contribution in [3.63, 3.8) is 0 Å². The quantitative estimate of drug-likeness (QED) is 0.771. The van der Waals surface area contributed by atoms with E-state index in [0.29, 0.717) is 19.4 Å². The maximum absolute atomic E-state index is 12.9. The predicted molar refractivity (Wildman–Crippen MR) is 110 cm³/mol. The van der Waals surface area contributed by atoms with E-state index < -0.39 is 10.0 Å². The van der Waals surface area contributed by atoms with Gasteiger partial charge in [0, 0.05) is 18.0 Å². The zero-order valence-electron chi connectivity index (χ0n) is 15.5. The first kappa shape index (κ1) is 19.9. The molecule has 144 valence electrons. The first-order valence-corrected chi connectivity index (χ1v) is 11.6. The topological polar surface area (TPSA) is 66.5 Å². The average Bonchev–Trinajstić information content (AvgIpc) is 2.69. The van der Waals surface area contributed by atoms with Crippen LogP contribution in [0.25, 0.3) is 0 Å². The molecule has 0 aromatic heterocycles. The average molecular weight is 405 g/mol. The molecule has 1 saturated heterocycles. The summed E-state index contributed by atoms with van der Waals surface area (Å²) in [5, 5.41) is 2.97. The van der Waals surface area contributed by atoms with Gasteiger partial charge >= 0.3 is 0 Å². The Kier molecular flexibility index (Phi) is 6.24. The highest BCUT2D eigenvalue weighted by atomic mass is 32.2. The molecule has 1 aliphatic heterocycles. The van der Waals surface area contributed by atoms with E-state index in [1.807, 2.05) is 37.4 Å². The monoisotopic (exact) mass is 404 g/mol. The SMILES string of the molecule is CSc1ccccc1NC(=O)C1CCCN(S(=O)(=O)c2ccc(C)cc2)C1. The Morgan fingerprint density at radius 1 is 1.15 bits per heavy atom. The van der Waals surface area contributed by atoms with E-state index in [0.717, 1.165) is 16.1 Å². The first-order chi connectivity index (χ1) is 12.9. The van der Waals surface area contributed by atoms with Crippen LogP contribution in [0.3, 0.4) is 0 Å². The van der Waals surface area contributed by atoms with Crippen LogP contribution < -0.4 is 5.32 Å². The van der Waals surface area contributed by atoms with E-state index in [4.69, 9.17) is 0 Å². The Hall–Kier alpha value is -1.83. The van der Waals surface area contributed by atoms with Gasteiger partial charge in [0.2, 0.25) is 15.9 Å². The lowest BCUT2D eigenvalue weighted by atomic mass is 9.99. The number of rotatable bonds is 5. The lowest BCUT2D eigenvalue weighted by molar-refractivity contribution is -0.120. The number of nitrogens with zero attached hydrogens (tertiary/aromatic N) is 1. The minimum atomic E-state index is -3.58. The second-order valence-electron chi connectivity index (χ2n) is 6.70. The Balaban J connectivity index is 1.73. The molecule has 0 aliphatic carbocycles. The lowest BCUT2D eigenvalue weighted by Gasteiger charge is -2.31. The third kappa shape index (κ3) is 4.54. The standard InChI is InChI=1S/C20H24N2O3S2/c1-15-9-11-17(12-10-15)27(24,25)22-13-5-6-16(14-22)20(23)21-18-7-3-4-8-19(18)26-2/h3-4,7-12,16H,5-6,13-14H2,1-2H3,(H,21,23). The van der Waals surface area contributed by atoms with Gasteiger partial charge in [0.1, 0.15) is 0 Å². The Morgan fingerprint density at radius 2 is 1.85 bits per heavy atom. The van der Waals surface area contributed by atoms with E-state index in [9.17, 15) is 13.2 Å². The molecule has 0 radical (unpaired) electrons. The number of hydrogen-bond donors (Lipinski definition) is 1. The maximum Gasteiger partial charge on any atom is 0.243 e. The molecule has 1 unspecified atom stereocenters. The molecular formula is C20H24N2O3S2. The number of aryl methyl sites for hydroxylation is 1. The number of para-hydroxylation sites is 1. The molecule has 2 aromatic rings. The second-order valence-corrected chi connectivity index (χ2v) is 9.49. The fourth-order valence-electron chi connectivity index (χ4n) is 3.22. The molecule has 27 heavy (non-hydrogen) atoms. The van der Waals surface area contributed by atoms with Crippen LogP contribution >= 0.6 is 11.8 Å². The van der Waals surface area contributed by atoms with Crippen molar-refractivity contribution in [2.45, 2.75) is 29.6 Å². The summed E-state index contributed by atoms with van der Waals surface area (Å²) in [7, 11) is -3.58. The summed E-state index contributed by atoms with van der Waals surface area (Å²) in [6.07, 6.45) is 3.32. The van der Waals surface area contributed by atoms with E-state index in [-0.39, 0.29) is 23.3 Å². The molecule has 0 bridgehead atoms. The zero-order valence-corrected chi connectivity index (χ0v) is 17.1. The van der Waals surface area contributed by atoms with Gasteiger partial charge in [-0.25, -0.2) is 8.42 Å². The summed E-state index contributed by atoms with van der Waals surface area (Å²) < 4.78 is 27.3. The van der Waals surface area contributed by atoms with Gasteiger partial charge in [-0.15, -0.1) is 11.8 Å². The van der Waals surface area contributed by atoms with Crippen molar-refractivity contribution < 1.29 is 13.2 Å². The van der Waals surface area contributed by atoms with Crippen LogP contribution in [0.2, 0.25) is 0 Å². The molecule has 5 nitrogen and oxygen atoms in total. The Morgan fingerprint density at radius 3 is 2.56 bits per heavy atom. The predicted octanol–water partition coefficient (Wildman–Crippen LogP) is 3.76. The van der Waals surface area contributed by atoms with Gasteiger partial charge in [-0.3, -0.25) is 4.79 Å². The molecule has 3 rings (SSSR count). The van der Waals surface area contributed by atoms with Crippen molar-refractivity contribution in [2.24, 2.45) is 5.92 Å². The maximum atomic E-state index is 12.9. The van der Waals surface area contributed by atoms with Gasteiger partial charge in [0.05, 0.1) is 16.5 Å². The number of nitrogens with one attached hydrogen (secondary N) is 1. The van der Waals surface area contributed by atoms with Crippen molar-refractivity contribution in [1.29, 1.82) is 0 Å². The molecule has 0 spiro atoms. The number of thioether (sulfide) groups is 1. The van der Waals surface area contributed by atoms with Gasteiger partial charge in [-0.1, -0.05) is 29.8 Å². The van der Waals surface area contributed by atoms with E-state index in [1.54, 1.807) is 36.0 Å². The molecule has 2 aromatic carbocycles. The fourth-order valence-corrected chi connectivity index (χ4v) is 5.29. The van der Waals surface area contributed by atoms with Gasteiger partial charge in [-0.2, -0.15) is 4.31 Å². The summed E-state index contributed by atoms with van der Waals surface area (Å²) in [6.45, 7) is 2.58. The highest BCUT2D eigenvalue weighted by Crippen LogP contribution is 2.28. The molecule has 1 fully saturated rings. The van der Waals surface area contributed by atoms with Crippen LogP contribution in [0.15, 0.2) is 58.3 Å². The second kappa shape index (κ2) is 8.46. The molecule has 1 amide bonds. The summed E-state index contributed by atoms with van der Waals surface area (Å²) in [5.74, 6) is -0.478. The van der Waals surface area contributed by atoms with Gasteiger partial charge in [-0.05, 0) is 50.3 Å². The molecule has 0 saturated carbocycles. The van der Waals surface area contributed by atoms with E-state index >= 15 is 0 Å².